The number of carbonyl (C=O) groups excluding carboxylic acids is 1. The second-order valence-electron chi connectivity index (χ2n) is 3.80. The third kappa shape index (κ3) is 4.24. The van der Waals surface area contributed by atoms with Gasteiger partial charge >= 0.3 is 5.97 Å². The van der Waals surface area contributed by atoms with Gasteiger partial charge in [-0.3, -0.25) is 4.79 Å². The maximum absolute atomic E-state index is 11.5. The lowest BCUT2D eigenvalue weighted by molar-refractivity contribution is -0.142. The smallest absolute Gasteiger partial charge is 0.328 e. The van der Waals surface area contributed by atoms with Crippen LogP contribution in [-0.2, 0) is 16.0 Å². The van der Waals surface area contributed by atoms with Gasteiger partial charge in [-0.1, -0.05) is 29.8 Å². The molecule has 1 amide bonds. The highest BCUT2D eigenvalue weighted by Gasteiger charge is 2.18. The number of aliphatic hydroxyl groups is 1. The topological polar surface area (TPSA) is 86.6 Å². The van der Waals surface area contributed by atoms with Crippen LogP contribution in [0.15, 0.2) is 24.3 Å². The number of carboxylic acids is 1. The van der Waals surface area contributed by atoms with E-state index in [1.165, 1.54) is 0 Å². The van der Waals surface area contributed by atoms with Gasteiger partial charge in [0.25, 0.3) is 0 Å². The Morgan fingerprint density at radius 1 is 1.29 bits per heavy atom. The van der Waals surface area contributed by atoms with Crippen LogP contribution in [0.2, 0.25) is 0 Å². The summed E-state index contributed by atoms with van der Waals surface area (Å²) in [5, 5.41) is 19.6. The number of amides is 1. The summed E-state index contributed by atoms with van der Waals surface area (Å²) >= 11 is 0. The number of carboxylic acid groups (broad SMARTS) is 1. The van der Waals surface area contributed by atoms with Gasteiger partial charge in [0.1, 0.15) is 6.04 Å². The summed E-state index contributed by atoms with van der Waals surface area (Å²) in [6, 6.07) is 6.13. The average molecular weight is 237 g/mol. The Hall–Kier alpha value is -1.88. The molecular formula is C12H15NO4. The summed E-state index contributed by atoms with van der Waals surface area (Å²) in [5.74, 6) is -1.67. The van der Waals surface area contributed by atoms with E-state index in [9.17, 15) is 9.59 Å². The Morgan fingerprint density at radius 3 is 2.35 bits per heavy atom. The predicted molar refractivity (Wildman–Crippen MR) is 61.5 cm³/mol. The molecule has 1 rings (SSSR count). The molecule has 0 unspecified atom stereocenters. The first kappa shape index (κ1) is 13.2. The first-order valence-electron chi connectivity index (χ1n) is 5.21. The second-order valence-corrected chi connectivity index (χ2v) is 3.80. The maximum atomic E-state index is 11.5. The molecule has 0 fully saturated rings. The van der Waals surface area contributed by atoms with Gasteiger partial charge in [-0.05, 0) is 12.5 Å². The number of benzene rings is 1. The van der Waals surface area contributed by atoms with Crippen molar-refractivity contribution in [3.05, 3.63) is 35.4 Å². The molecule has 0 spiro atoms. The number of rotatable bonds is 5. The Bertz CT molecular complexity index is 399. The van der Waals surface area contributed by atoms with Crippen molar-refractivity contribution in [3.63, 3.8) is 0 Å². The van der Waals surface area contributed by atoms with Crippen molar-refractivity contribution in [2.45, 2.75) is 19.4 Å². The molecule has 1 atom stereocenters. The van der Waals surface area contributed by atoms with Crippen LogP contribution in [0, 0.1) is 6.92 Å². The van der Waals surface area contributed by atoms with Crippen LogP contribution in [0.4, 0.5) is 0 Å². The molecule has 3 N–H and O–H groups in total. The molecule has 17 heavy (non-hydrogen) atoms. The monoisotopic (exact) mass is 237 g/mol. The van der Waals surface area contributed by atoms with E-state index >= 15 is 0 Å². The minimum atomic E-state index is -1.25. The van der Waals surface area contributed by atoms with Crippen molar-refractivity contribution in [1.29, 1.82) is 0 Å². The molecule has 0 radical (unpaired) electrons. The first-order chi connectivity index (χ1) is 8.02. The third-order valence-electron chi connectivity index (χ3n) is 2.30. The molecule has 1 aromatic carbocycles. The van der Waals surface area contributed by atoms with E-state index in [-0.39, 0.29) is 6.42 Å². The summed E-state index contributed by atoms with van der Waals surface area (Å²) in [6.45, 7) is 1.32. The lowest BCUT2D eigenvalue weighted by atomic mass is 10.1. The summed E-state index contributed by atoms with van der Waals surface area (Å²) in [5.41, 5.74) is 1.89. The zero-order valence-electron chi connectivity index (χ0n) is 9.51. The number of nitrogens with one attached hydrogen (secondary N) is 1. The SMILES string of the molecule is Cc1ccc(CC(=O)N[C@@H](CO)C(=O)O)cc1. The molecule has 0 aliphatic carbocycles. The number of hydrogen-bond acceptors (Lipinski definition) is 3. The normalized spacial score (nSPS) is 11.9. The summed E-state index contributed by atoms with van der Waals surface area (Å²) in [7, 11) is 0. The maximum Gasteiger partial charge on any atom is 0.328 e. The number of aliphatic hydroxyl groups excluding tert-OH is 1. The lowest BCUT2D eigenvalue weighted by Gasteiger charge is -2.11. The van der Waals surface area contributed by atoms with Gasteiger partial charge in [-0.2, -0.15) is 0 Å². The Balaban J connectivity index is 2.54. The van der Waals surface area contributed by atoms with Crippen molar-refractivity contribution < 1.29 is 19.8 Å². The van der Waals surface area contributed by atoms with Crippen molar-refractivity contribution >= 4 is 11.9 Å². The van der Waals surface area contributed by atoms with Crippen molar-refractivity contribution in [2.24, 2.45) is 0 Å². The van der Waals surface area contributed by atoms with Gasteiger partial charge in [-0.25, -0.2) is 4.79 Å². The van der Waals surface area contributed by atoms with E-state index in [0.29, 0.717) is 0 Å². The van der Waals surface area contributed by atoms with Crippen LogP contribution in [0.3, 0.4) is 0 Å². The molecule has 5 heteroatoms. The quantitative estimate of drug-likeness (QED) is 0.678. The molecular weight excluding hydrogens is 222 g/mol. The van der Waals surface area contributed by atoms with Crippen molar-refractivity contribution in [3.8, 4) is 0 Å². The number of hydrogen-bond donors (Lipinski definition) is 3. The van der Waals surface area contributed by atoms with Gasteiger partial charge < -0.3 is 15.5 Å². The molecule has 0 bridgehead atoms. The van der Waals surface area contributed by atoms with Crippen LogP contribution in [0.25, 0.3) is 0 Å². The van der Waals surface area contributed by atoms with Gasteiger partial charge in [0, 0.05) is 0 Å². The summed E-state index contributed by atoms with van der Waals surface area (Å²) in [4.78, 5) is 22.1. The van der Waals surface area contributed by atoms with E-state index < -0.39 is 24.5 Å². The number of aryl methyl sites for hydroxylation is 1. The Morgan fingerprint density at radius 2 is 1.88 bits per heavy atom. The van der Waals surface area contributed by atoms with E-state index in [0.717, 1.165) is 11.1 Å². The predicted octanol–water partition coefficient (Wildman–Crippen LogP) is 0.0992. The minimum Gasteiger partial charge on any atom is -0.480 e. The van der Waals surface area contributed by atoms with Crippen LogP contribution in [0.5, 0.6) is 0 Å². The molecule has 0 saturated heterocycles. The van der Waals surface area contributed by atoms with Crippen molar-refractivity contribution in [1.82, 2.24) is 5.32 Å². The zero-order chi connectivity index (χ0) is 12.8. The highest BCUT2D eigenvalue weighted by atomic mass is 16.4. The molecule has 0 heterocycles. The van der Waals surface area contributed by atoms with E-state index in [1.54, 1.807) is 0 Å². The van der Waals surface area contributed by atoms with E-state index in [2.05, 4.69) is 5.32 Å². The van der Waals surface area contributed by atoms with Crippen LogP contribution in [-0.4, -0.2) is 34.7 Å². The summed E-state index contributed by atoms with van der Waals surface area (Å²) < 4.78 is 0. The molecule has 0 aliphatic rings. The van der Waals surface area contributed by atoms with E-state index in [1.807, 2.05) is 31.2 Å². The van der Waals surface area contributed by atoms with Crippen LogP contribution < -0.4 is 5.32 Å². The Labute approximate surface area is 99.1 Å². The van der Waals surface area contributed by atoms with Crippen LogP contribution in [0.1, 0.15) is 11.1 Å². The molecule has 0 saturated carbocycles. The number of carbonyl (C=O) groups is 2. The molecule has 5 nitrogen and oxygen atoms in total. The minimum absolute atomic E-state index is 0.101. The van der Waals surface area contributed by atoms with Crippen molar-refractivity contribution in [2.75, 3.05) is 6.61 Å². The largest absolute Gasteiger partial charge is 0.480 e. The fourth-order valence-corrected chi connectivity index (χ4v) is 1.32. The first-order valence-corrected chi connectivity index (χ1v) is 5.21. The molecule has 92 valence electrons. The van der Waals surface area contributed by atoms with Gasteiger partial charge in [0.15, 0.2) is 0 Å². The zero-order valence-corrected chi connectivity index (χ0v) is 9.51. The highest BCUT2D eigenvalue weighted by molar-refractivity contribution is 5.84. The fourth-order valence-electron chi connectivity index (χ4n) is 1.32. The summed E-state index contributed by atoms with van der Waals surface area (Å²) in [6.07, 6.45) is 0.101. The standard InChI is InChI=1S/C12H15NO4/c1-8-2-4-9(5-3-8)6-11(15)13-10(7-14)12(16)17/h2-5,10,14H,6-7H2,1H3,(H,13,15)(H,16,17)/t10-/m0/s1. The molecule has 0 aromatic heterocycles. The van der Waals surface area contributed by atoms with Crippen LogP contribution >= 0.6 is 0 Å². The fraction of sp³-hybridized carbons (Fsp3) is 0.333. The molecule has 0 aliphatic heterocycles. The highest BCUT2D eigenvalue weighted by Crippen LogP contribution is 2.03. The Kier molecular flexibility index (Phi) is 4.66. The third-order valence-corrected chi connectivity index (χ3v) is 2.30. The lowest BCUT2D eigenvalue weighted by Crippen LogP contribution is -2.43. The second kappa shape index (κ2) is 6.00. The van der Waals surface area contributed by atoms with Gasteiger partial charge in [0.05, 0.1) is 13.0 Å². The number of aliphatic carboxylic acids is 1. The average Bonchev–Trinajstić information content (AvgIpc) is 2.28. The van der Waals surface area contributed by atoms with E-state index in [4.69, 9.17) is 10.2 Å². The van der Waals surface area contributed by atoms with Gasteiger partial charge in [-0.15, -0.1) is 0 Å². The molecule has 1 aromatic rings. The van der Waals surface area contributed by atoms with Gasteiger partial charge in [0.2, 0.25) is 5.91 Å².